The topological polar surface area (TPSA) is 24.9 Å². The van der Waals surface area contributed by atoms with E-state index < -0.39 is 0 Å². The SMILES string of the molecule is COc1cccc(OC)c1C(c1ccc(N(C)C)cc1Br)c1ccc(N(C)C)cc1Br. The summed E-state index contributed by atoms with van der Waals surface area (Å²) < 4.78 is 13.6. The van der Waals surface area contributed by atoms with Gasteiger partial charge in [-0.05, 0) is 47.5 Å². The van der Waals surface area contributed by atoms with Crippen molar-refractivity contribution in [3.8, 4) is 11.5 Å². The largest absolute Gasteiger partial charge is 0.496 e. The van der Waals surface area contributed by atoms with Crippen LogP contribution in [0.2, 0.25) is 0 Å². The molecular weight excluding hydrogens is 520 g/mol. The highest BCUT2D eigenvalue weighted by molar-refractivity contribution is 9.10. The van der Waals surface area contributed by atoms with Gasteiger partial charge in [0.15, 0.2) is 0 Å². The number of hydrogen-bond donors (Lipinski definition) is 0. The van der Waals surface area contributed by atoms with Gasteiger partial charge in [-0.3, -0.25) is 0 Å². The van der Waals surface area contributed by atoms with Gasteiger partial charge in [0.1, 0.15) is 11.5 Å². The molecule has 4 nitrogen and oxygen atoms in total. The number of halogens is 2. The molecule has 164 valence electrons. The number of benzene rings is 3. The van der Waals surface area contributed by atoms with Crippen molar-refractivity contribution in [2.75, 3.05) is 52.2 Å². The molecular formula is C25H28Br2N2O2. The molecule has 0 bridgehead atoms. The first-order valence-corrected chi connectivity index (χ1v) is 11.5. The van der Waals surface area contributed by atoms with Crippen molar-refractivity contribution >= 4 is 43.2 Å². The molecule has 6 heteroatoms. The number of methoxy groups -OCH3 is 2. The predicted octanol–water partition coefficient (Wildman–Crippen LogP) is 6.54. The minimum absolute atomic E-state index is 0.109. The van der Waals surface area contributed by atoms with Crippen LogP contribution in [0.3, 0.4) is 0 Å². The smallest absolute Gasteiger partial charge is 0.126 e. The fourth-order valence-electron chi connectivity index (χ4n) is 3.70. The summed E-state index contributed by atoms with van der Waals surface area (Å²) in [4.78, 5) is 4.18. The van der Waals surface area contributed by atoms with Gasteiger partial charge in [0.05, 0.1) is 14.2 Å². The molecule has 0 aromatic heterocycles. The summed E-state index contributed by atoms with van der Waals surface area (Å²) >= 11 is 7.67. The first kappa shape index (κ1) is 23.5. The number of nitrogens with zero attached hydrogens (tertiary/aromatic N) is 2. The molecule has 0 aliphatic heterocycles. The average Bonchev–Trinajstić information content (AvgIpc) is 2.75. The molecule has 0 radical (unpaired) electrons. The summed E-state index contributed by atoms with van der Waals surface area (Å²) in [5.74, 6) is 1.47. The molecule has 3 aromatic rings. The van der Waals surface area contributed by atoms with E-state index in [4.69, 9.17) is 9.47 Å². The van der Waals surface area contributed by atoms with E-state index >= 15 is 0 Å². The van der Waals surface area contributed by atoms with Gasteiger partial charge in [-0.15, -0.1) is 0 Å². The molecule has 0 atom stereocenters. The second-order valence-electron chi connectivity index (χ2n) is 7.71. The van der Waals surface area contributed by atoms with Crippen LogP contribution >= 0.6 is 31.9 Å². The van der Waals surface area contributed by atoms with Gasteiger partial charge < -0.3 is 19.3 Å². The average molecular weight is 548 g/mol. The van der Waals surface area contributed by atoms with Gasteiger partial charge in [0.25, 0.3) is 0 Å². The van der Waals surface area contributed by atoms with Crippen LogP contribution in [0.5, 0.6) is 11.5 Å². The zero-order chi connectivity index (χ0) is 22.7. The van der Waals surface area contributed by atoms with Crippen molar-refractivity contribution in [1.29, 1.82) is 0 Å². The van der Waals surface area contributed by atoms with Crippen molar-refractivity contribution in [1.82, 2.24) is 0 Å². The van der Waals surface area contributed by atoms with Gasteiger partial charge in [0.2, 0.25) is 0 Å². The van der Waals surface area contributed by atoms with E-state index in [1.807, 2.05) is 46.4 Å². The van der Waals surface area contributed by atoms with Crippen LogP contribution in [0.15, 0.2) is 63.5 Å². The fraction of sp³-hybridized carbons (Fsp3) is 0.280. The highest BCUT2D eigenvalue weighted by Crippen LogP contribution is 2.47. The van der Waals surface area contributed by atoms with Crippen LogP contribution in [0.1, 0.15) is 22.6 Å². The quantitative estimate of drug-likeness (QED) is 0.313. The molecule has 0 saturated carbocycles. The summed E-state index contributed by atoms with van der Waals surface area (Å²) in [5.41, 5.74) is 5.51. The Morgan fingerprint density at radius 2 is 1.10 bits per heavy atom. The maximum Gasteiger partial charge on any atom is 0.126 e. The van der Waals surface area contributed by atoms with Crippen molar-refractivity contribution in [2.45, 2.75) is 5.92 Å². The monoisotopic (exact) mass is 546 g/mol. The summed E-state index contributed by atoms with van der Waals surface area (Å²) in [6.07, 6.45) is 0. The van der Waals surface area contributed by atoms with Crippen molar-refractivity contribution in [3.63, 3.8) is 0 Å². The third kappa shape index (κ3) is 4.85. The highest BCUT2D eigenvalue weighted by Gasteiger charge is 2.28. The molecule has 0 saturated heterocycles. The van der Waals surface area contributed by atoms with E-state index in [0.29, 0.717) is 0 Å². The molecule has 0 heterocycles. The van der Waals surface area contributed by atoms with Gasteiger partial charge in [-0.1, -0.05) is 50.1 Å². The summed E-state index contributed by atoms with van der Waals surface area (Å²) in [6.45, 7) is 0. The van der Waals surface area contributed by atoms with Gasteiger partial charge >= 0.3 is 0 Å². The standard InChI is InChI=1S/C25H28Br2N2O2/c1-28(2)16-10-12-18(20(26)14-16)24(19-13-11-17(29(3)4)15-21(19)27)25-22(30-5)8-7-9-23(25)31-6/h7-15,24H,1-6H3. The summed E-state index contributed by atoms with van der Waals surface area (Å²) in [6, 6.07) is 18.8. The molecule has 3 rings (SSSR count). The van der Waals surface area contributed by atoms with Crippen LogP contribution in [0, 0.1) is 0 Å². The Labute approximate surface area is 202 Å². The molecule has 0 fully saturated rings. The molecule has 31 heavy (non-hydrogen) atoms. The second kappa shape index (κ2) is 9.96. The zero-order valence-corrected chi connectivity index (χ0v) is 21.9. The van der Waals surface area contributed by atoms with E-state index in [1.54, 1.807) is 14.2 Å². The lowest BCUT2D eigenvalue weighted by molar-refractivity contribution is 0.384. The molecule has 0 N–H and O–H groups in total. The van der Waals surface area contributed by atoms with Crippen LogP contribution in [-0.4, -0.2) is 42.4 Å². The Bertz CT molecular complexity index is 988. The first-order valence-electron chi connectivity index (χ1n) is 9.92. The van der Waals surface area contributed by atoms with E-state index in [-0.39, 0.29) is 5.92 Å². The first-order chi connectivity index (χ1) is 14.8. The van der Waals surface area contributed by atoms with Crippen LogP contribution < -0.4 is 19.3 Å². The maximum atomic E-state index is 5.79. The lowest BCUT2D eigenvalue weighted by Gasteiger charge is -2.26. The zero-order valence-electron chi connectivity index (χ0n) is 18.7. The highest BCUT2D eigenvalue weighted by atomic mass is 79.9. The Morgan fingerprint density at radius 3 is 1.42 bits per heavy atom. The van der Waals surface area contributed by atoms with Crippen molar-refractivity contribution < 1.29 is 9.47 Å². The summed E-state index contributed by atoms with van der Waals surface area (Å²) in [5, 5.41) is 0. The maximum absolute atomic E-state index is 5.79. The minimum Gasteiger partial charge on any atom is -0.496 e. The van der Waals surface area contributed by atoms with Crippen LogP contribution in [-0.2, 0) is 0 Å². The van der Waals surface area contributed by atoms with E-state index in [0.717, 1.165) is 48.5 Å². The molecule has 0 unspecified atom stereocenters. The number of anilines is 2. The molecule has 0 aliphatic carbocycles. The molecule has 3 aromatic carbocycles. The Balaban J connectivity index is 2.32. The van der Waals surface area contributed by atoms with Gasteiger partial charge in [-0.25, -0.2) is 0 Å². The number of hydrogen-bond acceptors (Lipinski definition) is 4. The van der Waals surface area contributed by atoms with Crippen LogP contribution in [0.25, 0.3) is 0 Å². The Hall–Kier alpha value is -2.18. The predicted molar refractivity (Wildman–Crippen MR) is 137 cm³/mol. The summed E-state index contributed by atoms with van der Waals surface area (Å²) in [7, 11) is 11.6. The van der Waals surface area contributed by atoms with Gasteiger partial charge in [-0.2, -0.15) is 0 Å². The lowest BCUT2D eigenvalue weighted by atomic mass is 9.83. The van der Waals surface area contributed by atoms with Crippen LogP contribution in [0.4, 0.5) is 11.4 Å². The van der Waals surface area contributed by atoms with Gasteiger partial charge in [0, 0.05) is 60.0 Å². The normalized spacial score (nSPS) is 10.9. The van der Waals surface area contributed by atoms with E-state index in [9.17, 15) is 0 Å². The second-order valence-corrected chi connectivity index (χ2v) is 9.42. The molecule has 0 amide bonds. The lowest BCUT2D eigenvalue weighted by Crippen LogP contribution is -2.12. The van der Waals surface area contributed by atoms with Crippen molar-refractivity contribution in [3.05, 3.63) is 80.2 Å². The molecule has 0 spiro atoms. The van der Waals surface area contributed by atoms with E-state index in [1.165, 1.54) is 0 Å². The number of ether oxygens (including phenoxy) is 2. The number of rotatable bonds is 7. The van der Waals surface area contributed by atoms with Crippen molar-refractivity contribution in [2.24, 2.45) is 0 Å². The Morgan fingerprint density at radius 1 is 0.677 bits per heavy atom. The minimum atomic E-state index is -0.109. The third-order valence-corrected chi connectivity index (χ3v) is 6.75. The van der Waals surface area contributed by atoms with E-state index in [2.05, 4.69) is 78.1 Å². The Kier molecular flexibility index (Phi) is 7.55. The fourth-order valence-corrected chi connectivity index (χ4v) is 4.89. The third-order valence-electron chi connectivity index (χ3n) is 5.38. The molecule has 0 aliphatic rings.